The van der Waals surface area contributed by atoms with Crippen LogP contribution in [0.2, 0.25) is 0 Å². The summed E-state index contributed by atoms with van der Waals surface area (Å²) in [6, 6.07) is 12.3. The van der Waals surface area contributed by atoms with E-state index in [2.05, 4.69) is 21.2 Å². The summed E-state index contributed by atoms with van der Waals surface area (Å²) in [5, 5.41) is 15.4. The van der Waals surface area contributed by atoms with Gasteiger partial charge in [0.1, 0.15) is 6.04 Å². The third kappa shape index (κ3) is 4.17. The summed E-state index contributed by atoms with van der Waals surface area (Å²) in [7, 11) is 0. The number of aliphatic hydroxyl groups is 1. The lowest BCUT2D eigenvalue weighted by atomic mass is 9.71. The summed E-state index contributed by atoms with van der Waals surface area (Å²) in [5.41, 5.74) is 0.648. The number of amides is 2. The molecule has 5 rings (SSSR count). The van der Waals surface area contributed by atoms with E-state index in [-0.39, 0.29) is 47.0 Å². The molecule has 3 heterocycles. The number of hydrogen-bond acceptors (Lipinski definition) is 6. The summed E-state index contributed by atoms with van der Waals surface area (Å²) >= 11 is 5.33. The van der Waals surface area contributed by atoms with Gasteiger partial charge in [0.25, 0.3) is 0 Å². The van der Waals surface area contributed by atoms with E-state index in [1.165, 1.54) is 0 Å². The Morgan fingerprint density at radius 1 is 1.24 bits per heavy atom. The van der Waals surface area contributed by atoms with Crippen LogP contribution in [0, 0.1) is 17.8 Å². The summed E-state index contributed by atoms with van der Waals surface area (Å²) in [6.07, 6.45) is 1.32. The zero-order chi connectivity index (χ0) is 26.5. The predicted molar refractivity (Wildman–Crippen MR) is 149 cm³/mol. The van der Waals surface area contributed by atoms with Crippen molar-refractivity contribution in [1.82, 2.24) is 4.90 Å². The fourth-order valence-electron chi connectivity index (χ4n) is 6.52. The Labute approximate surface area is 229 Å². The number of nitrogens with zero attached hydrogens (tertiary/aromatic N) is 1. The molecule has 0 aromatic heterocycles. The summed E-state index contributed by atoms with van der Waals surface area (Å²) < 4.78 is 4.63. The smallest absolute Gasteiger partial charge is 0.310 e. The van der Waals surface area contributed by atoms with Gasteiger partial charge in [-0.15, -0.1) is 11.8 Å². The van der Waals surface area contributed by atoms with Crippen molar-refractivity contribution in [3.63, 3.8) is 0 Å². The van der Waals surface area contributed by atoms with Crippen molar-refractivity contribution in [1.29, 1.82) is 0 Å². The van der Waals surface area contributed by atoms with Crippen LogP contribution in [0.3, 0.4) is 0 Å². The van der Waals surface area contributed by atoms with Gasteiger partial charge >= 0.3 is 5.97 Å². The van der Waals surface area contributed by atoms with Crippen molar-refractivity contribution < 1.29 is 24.2 Å². The number of hydrogen-bond donors (Lipinski definition) is 2. The highest BCUT2D eigenvalue weighted by atomic mass is 79.9. The van der Waals surface area contributed by atoms with Crippen LogP contribution < -0.4 is 5.32 Å². The van der Waals surface area contributed by atoms with Gasteiger partial charge < -0.3 is 20.1 Å². The first-order chi connectivity index (χ1) is 17.8. The van der Waals surface area contributed by atoms with E-state index in [1.807, 2.05) is 56.3 Å². The van der Waals surface area contributed by atoms with Crippen molar-refractivity contribution in [2.24, 2.45) is 17.8 Å². The van der Waals surface area contributed by atoms with Crippen LogP contribution in [0.25, 0.3) is 10.8 Å². The molecular weight excluding hydrogens is 556 g/mol. The molecular formula is C28H33BrN2O5S. The lowest BCUT2D eigenvalue weighted by Gasteiger charge is -2.39. The van der Waals surface area contributed by atoms with Crippen molar-refractivity contribution in [2.45, 2.75) is 60.5 Å². The van der Waals surface area contributed by atoms with Gasteiger partial charge in [0.15, 0.2) is 0 Å². The first-order valence-corrected chi connectivity index (χ1v) is 14.8. The highest BCUT2D eigenvalue weighted by molar-refractivity contribution is 9.09. The number of likely N-dealkylation sites (tertiary alicyclic amines) is 1. The molecule has 2 aromatic rings. The molecule has 7 nitrogen and oxygen atoms in total. The van der Waals surface area contributed by atoms with E-state index in [0.29, 0.717) is 12.1 Å². The zero-order valence-corrected chi connectivity index (χ0v) is 23.6. The fourth-order valence-corrected chi connectivity index (χ4v) is 10.1. The average molecular weight is 590 g/mol. The Balaban J connectivity index is 1.57. The van der Waals surface area contributed by atoms with E-state index < -0.39 is 28.7 Å². The highest BCUT2D eigenvalue weighted by Gasteiger charge is 2.76. The second-order valence-corrected chi connectivity index (χ2v) is 13.1. The number of carbonyl (C=O) groups excluding carboxylic acids is 3. The van der Waals surface area contributed by atoms with E-state index in [9.17, 15) is 19.5 Å². The van der Waals surface area contributed by atoms with Crippen LogP contribution in [0.15, 0.2) is 42.5 Å². The molecule has 3 fully saturated rings. The predicted octanol–water partition coefficient (Wildman–Crippen LogP) is 4.21. The molecule has 2 N–H and O–H groups in total. The fraction of sp³-hybridized carbons (Fsp3) is 0.536. The lowest BCUT2D eigenvalue weighted by molar-refractivity contribution is -0.154. The van der Waals surface area contributed by atoms with E-state index >= 15 is 0 Å². The number of esters is 1. The third-order valence-electron chi connectivity index (χ3n) is 8.40. The molecule has 1 spiro atoms. The summed E-state index contributed by atoms with van der Waals surface area (Å²) in [4.78, 5) is 43.0. The number of ether oxygens (including phenoxy) is 1. The second-order valence-electron chi connectivity index (χ2n) is 10.3. The van der Waals surface area contributed by atoms with Crippen LogP contribution in [0.5, 0.6) is 0 Å². The summed E-state index contributed by atoms with van der Waals surface area (Å²) in [6.45, 7) is 5.73. The molecule has 8 atom stereocenters. The number of halogens is 1. The second kappa shape index (κ2) is 10.2. The maximum absolute atomic E-state index is 14.2. The maximum atomic E-state index is 14.2. The van der Waals surface area contributed by atoms with Crippen molar-refractivity contribution in [2.75, 3.05) is 18.5 Å². The maximum Gasteiger partial charge on any atom is 0.310 e. The third-order valence-corrected chi connectivity index (χ3v) is 11.6. The number of carbonyl (C=O) groups is 3. The number of nitrogens with one attached hydrogen (secondary N) is 1. The molecule has 2 amide bonds. The van der Waals surface area contributed by atoms with Crippen LogP contribution in [-0.2, 0) is 19.1 Å². The first-order valence-electron chi connectivity index (χ1n) is 13.0. The first kappa shape index (κ1) is 26.5. The standard InChI is InChI=1S/C28H33BrN2O5S/c1-4-15(3)20(14-32)31-24(25(33)30-18-11-10-16-8-6-7-9-17(16)12-18)28-13-19(29)23(37-28)21(22(28)26(31)34)27(35)36-5-2/h6-12,15,19-24,32H,4-5,13-14H2,1-3H3,(H,30,33)/t15-,19?,20-,21+,22-,23+,24?,28?/m0/s1. The highest BCUT2D eigenvalue weighted by Crippen LogP contribution is 2.68. The molecule has 0 radical (unpaired) electrons. The van der Waals surface area contributed by atoms with Gasteiger partial charge in [0.2, 0.25) is 11.8 Å². The minimum Gasteiger partial charge on any atom is -0.466 e. The SMILES string of the molecule is CCOC(=O)[C@H]1[C@@H]2SC3(CC2Br)C(C(=O)Nc2ccc4ccccc4c2)N([C@@H](CO)[C@@H](C)CC)C(=O)[C@H]13. The molecule has 3 aliphatic rings. The van der Waals surface area contributed by atoms with Gasteiger partial charge in [0, 0.05) is 15.8 Å². The van der Waals surface area contributed by atoms with Gasteiger partial charge in [-0.1, -0.05) is 66.5 Å². The monoisotopic (exact) mass is 588 g/mol. The number of rotatable bonds is 8. The normalized spacial score (nSPS) is 31.9. The molecule has 37 heavy (non-hydrogen) atoms. The number of aliphatic hydroxyl groups excluding tert-OH is 1. The van der Waals surface area contributed by atoms with E-state index in [1.54, 1.807) is 23.6 Å². The van der Waals surface area contributed by atoms with Crippen LogP contribution in [0.4, 0.5) is 5.69 Å². The van der Waals surface area contributed by atoms with E-state index in [0.717, 1.165) is 17.2 Å². The van der Waals surface area contributed by atoms with Crippen molar-refractivity contribution >= 4 is 61.9 Å². The van der Waals surface area contributed by atoms with E-state index in [4.69, 9.17) is 4.74 Å². The zero-order valence-electron chi connectivity index (χ0n) is 21.2. The Bertz CT molecular complexity index is 1230. The quantitative estimate of drug-likeness (QED) is 0.354. The van der Waals surface area contributed by atoms with Gasteiger partial charge in [-0.25, -0.2) is 0 Å². The average Bonchev–Trinajstić information content (AvgIpc) is 3.48. The summed E-state index contributed by atoms with van der Waals surface area (Å²) in [5.74, 6) is -2.23. The molecule has 3 aliphatic heterocycles. The molecule has 0 saturated carbocycles. The van der Waals surface area contributed by atoms with Gasteiger partial charge in [0.05, 0.1) is 35.8 Å². The molecule has 198 valence electrons. The minimum absolute atomic E-state index is 0.0249. The van der Waals surface area contributed by atoms with Crippen LogP contribution in [-0.4, -0.2) is 67.9 Å². The molecule has 0 aliphatic carbocycles. The van der Waals surface area contributed by atoms with Crippen molar-refractivity contribution in [3.05, 3.63) is 42.5 Å². The van der Waals surface area contributed by atoms with Gasteiger partial charge in [-0.05, 0) is 42.2 Å². The molecule has 2 aromatic carbocycles. The van der Waals surface area contributed by atoms with Gasteiger partial charge in [-0.3, -0.25) is 14.4 Å². The minimum atomic E-state index is -0.822. The molecule has 3 unspecified atom stereocenters. The van der Waals surface area contributed by atoms with Gasteiger partial charge in [-0.2, -0.15) is 0 Å². The number of alkyl halides is 1. The van der Waals surface area contributed by atoms with Crippen LogP contribution >= 0.6 is 27.7 Å². The Hall–Kier alpha value is -2.10. The Morgan fingerprint density at radius 2 is 1.97 bits per heavy atom. The Morgan fingerprint density at radius 3 is 2.65 bits per heavy atom. The number of thioether (sulfide) groups is 1. The van der Waals surface area contributed by atoms with Crippen molar-refractivity contribution in [3.8, 4) is 0 Å². The number of fused-ring (bicyclic) bond motifs is 2. The lowest BCUT2D eigenvalue weighted by Crippen LogP contribution is -2.56. The number of anilines is 1. The largest absolute Gasteiger partial charge is 0.466 e. The topological polar surface area (TPSA) is 95.9 Å². The van der Waals surface area contributed by atoms with Crippen LogP contribution in [0.1, 0.15) is 33.6 Å². The molecule has 2 bridgehead atoms. The Kier molecular flexibility index (Phi) is 7.33. The molecule has 3 saturated heterocycles. The number of benzene rings is 2. The molecule has 9 heteroatoms.